The van der Waals surface area contributed by atoms with Gasteiger partial charge in [0.05, 0.1) is 0 Å². The molecular weight excluding hydrogens is 144 g/mol. The van der Waals surface area contributed by atoms with Crippen LogP contribution in [-0.4, -0.2) is 36.7 Å². The largest absolute Gasteiger partial charge is 0.311 e. The molecule has 58 valence electrons. The second kappa shape index (κ2) is 3.11. The predicted octanol–water partition coefficient (Wildman–Crippen LogP) is 0.0533. The van der Waals surface area contributed by atoms with Gasteiger partial charge in [-0.25, -0.2) is 0 Å². The first-order valence-corrected chi connectivity index (χ1v) is 5.17. The molecular formula is C7H14N2S. The molecule has 0 spiro atoms. The van der Waals surface area contributed by atoms with E-state index in [0.29, 0.717) is 0 Å². The topological polar surface area (TPSA) is 24.1 Å². The molecule has 0 aromatic carbocycles. The highest BCUT2D eigenvalue weighted by molar-refractivity contribution is 7.99. The highest BCUT2D eigenvalue weighted by atomic mass is 32.2. The summed E-state index contributed by atoms with van der Waals surface area (Å²) in [6.45, 7) is 2.40. The van der Waals surface area contributed by atoms with Crippen molar-refractivity contribution < 1.29 is 0 Å². The van der Waals surface area contributed by atoms with Gasteiger partial charge in [-0.05, 0) is 18.7 Å². The molecule has 0 amide bonds. The fourth-order valence-electron chi connectivity index (χ4n) is 1.46. The molecule has 0 aromatic heterocycles. The molecule has 3 heteroatoms. The molecule has 0 saturated carbocycles. The van der Waals surface area contributed by atoms with Gasteiger partial charge in [-0.3, -0.25) is 0 Å². The lowest BCUT2D eigenvalue weighted by atomic mass is 10.0. The summed E-state index contributed by atoms with van der Waals surface area (Å²) in [5.74, 6) is 2.63. The van der Waals surface area contributed by atoms with Crippen LogP contribution in [-0.2, 0) is 0 Å². The van der Waals surface area contributed by atoms with Gasteiger partial charge >= 0.3 is 0 Å². The molecule has 2 nitrogen and oxygen atoms in total. The summed E-state index contributed by atoms with van der Waals surface area (Å²) in [6.07, 6.45) is 1.34. The van der Waals surface area contributed by atoms with Crippen molar-refractivity contribution in [3.63, 3.8) is 0 Å². The van der Waals surface area contributed by atoms with E-state index in [1.807, 2.05) is 0 Å². The number of thioether (sulfide) groups is 1. The Balaban J connectivity index is 1.83. The lowest BCUT2D eigenvalue weighted by Crippen LogP contribution is -2.65. The number of hydrogen-bond donors (Lipinski definition) is 2. The summed E-state index contributed by atoms with van der Waals surface area (Å²) in [5.41, 5.74) is 0. The highest BCUT2D eigenvalue weighted by Crippen LogP contribution is 2.14. The van der Waals surface area contributed by atoms with E-state index in [1.165, 1.54) is 31.0 Å². The minimum absolute atomic E-state index is 0.769. The smallest absolute Gasteiger partial charge is 0.0354 e. The Morgan fingerprint density at radius 3 is 3.00 bits per heavy atom. The van der Waals surface area contributed by atoms with Gasteiger partial charge in [0.25, 0.3) is 0 Å². The van der Waals surface area contributed by atoms with Crippen LogP contribution in [0.15, 0.2) is 0 Å². The maximum absolute atomic E-state index is 3.55. The normalized spacial score (nSPS) is 40.8. The van der Waals surface area contributed by atoms with E-state index in [1.54, 1.807) is 0 Å². The van der Waals surface area contributed by atoms with E-state index in [9.17, 15) is 0 Å². The summed E-state index contributed by atoms with van der Waals surface area (Å²) >= 11 is 2.09. The van der Waals surface area contributed by atoms with Crippen LogP contribution < -0.4 is 10.6 Å². The van der Waals surface area contributed by atoms with Gasteiger partial charge in [-0.1, -0.05) is 0 Å². The SMILES string of the molecule is C1CNC2CNC2CSC1. The molecule has 0 radical (unpaired) electrons. The van der Waals surface area contributed by atoms with E-state index < -0.39 is 0 Å². The second-order valence-electron chi connectivity index (χ2n) is 3.00. The fraction of sp³-hybridized carbons (Fsp3) is 1.00. The molecule has 10 heavy (non-hydrogen) atoms. The number of rotatable bonds is 0. The van der Waals surface area contributed by atoms with Crippen LogP contribution in [0, 0.1) is 0 Å². The Kier molecular flexibility index (Phi) is 2.16. The van der Waals surface area contributed by atoms with E-state index in [0.717, 1.165) is 12.1 Å². The number of fused-ring (bicyclic) bond motifs is 1. The maximum Gasteiger partial charge on any atom is 0.0354 e. The van der Waals surface area contributed by atoms with E-state index in [4.69, 9.17) is 0 Å². The summed E-state index contributed by atoms with van der Waals surface area (Å²) < 4.78 is 0. The monoisotopic (exact) mass is 158 g/mol. The first-order valence-electron chi connectivity index (χ1n) is 4.01. The second-order valence-corrected chi connectivity index (χ2v) is 4.15. The Bertz CT molecular complexity index is 104. The maximum atomic E-state index is 3.55. The van der Waals surface area contributed by atoms with Crippen LogP contribution >= 0.6 is 11.8 Å². The molecule has 2 aliphatic rings. The van der Waals surface area contributed by atoms with Crippen molar-refractivity contribution in [1.29, 1.82) is 0 Å². The summed E-state index contributed by atoms with van der Waals surface area (Å²) in [5, 5.41) is 6.98. The van der Waals surface area contributed by atoms with Gasteiger partial charge < -0.3 is 10.6 Å². The third-order valence-electron chi connectivity index (χ3n) is 2.26. The summed E-state index contributed by atoms with van der Waals surface area (Å²) in [7, 11) is 0. The Labute approximate surface area is 66.1 Å². The minimum atomic E-state index is 0.769. The van der Waals surface area contributed by atoms with Crippen LogP contribution in [0.25, 0.3) is 0 Å². The lowest BCUT2D eigenvalue weighted by molar-refractivity contribution is 0.281. The third kappa shape index (κ3) is 1.31. The van der Waals surface area contributed by atoms with Crippen molar-refractivity contribution in [2.24, 2.45) is 0 Å². The zero-order chi connectivity index (χ0) is 6.81. The molecule has 2 saturated heterocycles. The van der Waals surface area contributed by atoms with Gasteiger partial charge in [-0.15, -0.1) is 0 Å². The first kappa shape index (κ1) is 6.95. The van der Waals surface area contributed by atoms with E-state index in [-0.39, 0.29) is 0 Å². The van der Waals surface area contributed by atoms with Crippen LogP contribution in [0.4, 0.5) is 0 Å². The predicted molar refractivity (Wildman–Crippen MR) is 45.5 cm³/mol. The fourth-order valence-corrected chi connectivity index (χ4v) is 2.58. The molecule has 0 aliphatic carbocycles. The highest BCUT2D eigenvalue weighted by Gasteiger charge is 2.29. The molecule has 2 fully saturated rings. The zero-order valence-corrected chi connectivity index (χ0v) is 6.91. The van der Waals surface area contributed by atoms with Gasteiger partial charge in [0.1, 0.15) is 0 Å². The van der Waals surface area contributed by atoms with Crippen molar-refractivity contribution in [2.45, 2.75) is 18.5 Å². The third-order valence-corrected chi connectivity index (χ3v) is 3.43. The molecule has 2 unspecified atom stereocenters. The van der Waals surface area contributed by atoms with Gasteiger partial charge in [0, 0.05) is 24.4 Å². The van der Waals surface area contributed by atoms with Crippen LogP contribution in [0.2, 0.25) is 0 Å². The summed E-state index contributed by atoms with van der Waals surface area (Å²) in [6, 6.07) is 1.55. The van der Waals surface area contributed by atoms with Crippen molar-refractivity contribution in [3.05, 3.63) is 0 Å². The van der Waals surface area contributed by atoms with Crippen LogP contribution in [0.1, 0.15) is 6.42 Å². The lowest BCUT2D eigenvalue weighted by Gasteiger charge is -2.39. The van der Waals surface area contributed by atoms with E-state index >= 15 is 0 Å². The number of nitrogens with one attached hydrogen (secondary N) is 2. The van der Waals surface area contributed by atoms with Gasteiger partial charge in [0.15, 0.2) is 0 Å². The van der Waals surface area contributed by atoms with Crippen molar-refractivity contribution in [3.8, 4) is 0 Å². The molecule has 0 aromatic rings. The van der Waals surface area contributed by atoms with Crippen molar-refractivity contribution >= 4 is 11.8 Å². The average Bonchev–Trinajstić information content (AvgIpc) is 1.89. The molecule has 2 N–H and O–H groups in total. The zero-order valence-electron chi connectivity index (χ0n) is 6.10. The Hall–Kier alpha value is 0.270. The molecule has 2 atom stereocenters. The minimum Gasteiger partial charge on any atom is -0.311 e. The quantitative estimate of drug-likeness (QED) is 0.521. The average molecular weight is 158 g/mol. The van der Waals surface area contributed by atoms with Crippen molar-refractivity contribution in [2.75, 3.05) is 24.6 Å². The summed E-state index contributed by atoms with van der Waals surface area (Å²) in [4.78, 5) is 0. The standard InChI is InChI=1S/C7H14N2S/c1-2-8-6-4-9-7(6)5-10-3-1/h6-9H,1-5H2. The van der Waals surface area contributed by atoms with Crippen molar-refractivity contribution in [1.82, 2.24) is 10.6 Å². The Morgan fingerprint density at radius 2 is 2.20 bits per heavy atom. The first-order chi connectivity index (χ1) is 4.97. The van der Waals surface area contributed by atoms with Gasteiger partial charge in [0.2, 0.25) is 0 Å². The van der Waals surface area contributed by atoms with Gasteiger partial charge in [-0.2, -0.15) is 11.8 Å². The van der Waals surface area contributed by atoms with E-state index in [2.05, 4.69) is 22.4 Å². The number of hydrogen-bond acceptors (Lipinski definition) is 3. The van der Waals surface area contributed by atoms with Crippen LogP contribution in [0.5, 0.6) is 0 Å². The molecule has 2 rings (SSSR count). The van der Waals surface area contributed by atoms with Crippen LogP contribution in [0.3, 0.4) is 0 Å². The Morgan fingerprint density at radius 1 is 1.20 bits per heavy atom. The molecule has 2 aliphatic heterocycles. The molecule has 2 heterocycles. The molecule has 0 bridgehead atoms.